The van der Waals surface area contributed by atoms with Crippen LogP contribution < -0.4 is 5.56 Å². The van der Waals surface area contributed by atoms with Gasteiger partial charge in [0.15, 0.2) is 0 Å². The molecule has 0 unspecified atom stereocenters. The van der Waals surface area contributed by atoms with Crippen LogP contribution in [-0.2, 0) is 0 Å². The van der Waals surface area contributed by atoms with Crippen LogP contribution in [0.5, 0.6) is 0 Å². The van der Waals surface area contributed by atoms with Crippen molar-refractivity contribution in [2.75, 3.05) is 0 Å². The Bertz CT molecular complexity index is 748. The highest BCUT2D eigenvalue weighted by molar-refractivity contribution is 14.1. The first-order valence-electron chi connectivity index (χ1n) is 5.91. The average molecular weight is 378 g/mol. The lowest BCUT2D eigenvalue weighted by Crippen LogP contribution is -2.20. The Morgan fingerprint density at radius 3 is 2.35 bits per heavy atom. The Morgan fingerprint density at radius 1 is 1.20 bits per heavy atom. The highest BCUT2D eigenvalue weighted by atomic mass is 127. The van der Waals surface area contributed by atoms with Gasteiger partial charge in [0.2, 0.25) is 0 Å². The predicted octanol–water partition coefficient (Wildman–Crippen LogP) is 2.41. The van der Waals surface area contributed by atoms with Crippen molar-refractivity contribution >= 4 is 22.6 Å². The molecule has 2 N–H and O–H groups in total. The molecule has 1 heterocycles. The number of nitrogens with zero attached hydrogens (tertiary/aromatic N) is 2. The molecule has 2 aromatic rings. The fourth-order valence-corrected chi connectivity index (χ4v) is 2.96. The Kier molecular flexibility index (Phi) is 4.26. The van der Waals surface area contributed by atoms with E-state index in [-0.39, 0.29) is 5.56 Å². The molecule has 20 heavy (non-hydrogen) atoms. The topological polar surface area (TPSA) is 96.2 Å². The average Bonchev–Trinajstić information content (AvgIpc) is 2.77. The zero-order chi connectivity index (χ0) is 14.7. The van der Waals surface area contributed by atoms with Gasteiger partial charge in [0.05, 0.1) is 12.1 Å². The number of aromatic amines is 2. The van der Waals surface area contributed by atoms with Gasteiger partial charge in [0.1, 0.15) is 5.92 Å². The van der Waals surface area contributed by atoms with Crippen molar-refractivity contribution in [1.82, 2.24) is 10.2 Å². The van der Waals surface area contributed by atoms with E-state index in [1.807, 2.05) is 36.4 Å². The third-order valence-electron chi connectivity index (χ3n) is 3.17. The zero-order valence-electron chi connectivity index (χ0n) is 10.6. The van der Waals surface area contributed by atoms with E-state index in [1.165, 1.54) is 0 Å². The van der Waals surface area contributed by atoms with E-state index >= 15 is 0 Å². The monoisotopic (exact) mass is 378 g/mol. The number of nitriles is 2. The molecule has 0 aliphatic heterocycles. The Morgan fingerprint density at radius 2 is 1.85 bits per heavy atom. The second kappa shape index (κ2) is 5.93. The third kappa shape index (κ3) is 2.47. The molecule has 1 aromatic heterocycles. The van der Waals surface area contributed by atoms with Crippen LogP contribution >= 0.6 is 22.6 Å². The summed E-state index contributed by atoms with van der Waals surface area (Å²) >= 11 is 2.15. The molecule has 1 aromatic carbocycles. The molecule has 6 heteroatoms. The number of nitrogens with one attached hydrogen (secondary N) is 2. The van der Waals surface area contributed by atoms with Crippen LogP contribution in [0.1, 0.15) is 22.7 Å². The van der Waals surface area contributed by atoms with E-state index in [0.29, 0.717) is 11.3 Å². The lowest BCUT2D eigenvalue weighted by atomic mass is 9.82. The summed E-state index contributed by atoms with van der Waals surface area (Å²) in [6.07, 6.45) is 0. The molecule has 5 nitrogen and oxygen atoms in total. The largest absolute Gasteiger partial charge is 0.302 e. The van der Waals surface area contributed by atoms with Gasteiger partial charge in [0, 0.05) is 20.7 Å². The van der Waals surface area contributed by atoms with E-state index in [2.05, 4.69) is 32.8 Å². The van der Waals surface area contributed by atoms with E-state index in [1.54, 1.807) is 6.92 Å². The molecule has 1 atom stereocenters. The first-order valence-corrected chi connectivity index (χ1v) is 6.98. The first kappa shape index (κ1) is 14.4. The molecule has 0 aliphatic carbocycles. The maximum Gasteiger partial charge on any atom is 0.268 e. The quantitative estimate of drug-likeness (QED) is 0.803. The summed E-state index contributed by atoms with van der Waals surface area (Å²) in [4.78, 5) is 12.0. The van der Waals surface area contributed by atoms with Gasteiger partial charge in [-0.25, -0.2) is 0 Å². The molecule has 0 saturated heterocycles. The smallest absolute Gasteiger partial charge is 0.268 e. The summed E-state index contributed by atoms with van der Waals surface area (Å²) in [5, 5.41) is 23.7. The summed E-state index contributed by atoms with van der Waals surface area (Å²) in [6.45, 7) is 1.75. The SMILES string of the molecule is Cc1[nH][nH]c(=O)c1[C@H](c1ccccc1I)C(C#N)C#N. The third-order valence-corrected chi connectivity index (χ3v) is 4.16. The summed E-state index contributed by atoms with van der Waals surface area (Å²) < 4.78 is 0.922. The van der Waals surface area contributed by atoms with Gasteiger partial charge in [-0.15, -0.1) is 0 Å². The fourth-order valence-electron chi connectivity index (χ4n) is 2.24. The molecule has 2 rings (SSSR count). The van der Waals surface area contributed by atoms with Crippen molar-refractivity contribution in [3.63, 3.8) is 0 Å². The van der Waals surface area contributed by atoms with Crippen molar-refractivity contribution in [3.8, 4) is 12.1 Å². The van der Waals surface area contributed by atoms with Crippen LogP contribution in [0.3, 0.4) is 0 Å². The van der Waals surface area contributed by atoms with Crippen LogP contribution in [0.15, 0.2) is 29.1 Å². The molecule has 0 radical (unpaired) electrons. The van der Waals surface area contributed by atoms with Crippen LogP contribution in [0.2, 0.25) is 0 Å². The van der Waals surface area contributed by atoms with E-state index < -0.39 is 11.8 Å². The maximum atomic E-state index is 12.0. The van der Waals surface area contributed by atoms with Crippen molar-refractivity contribution in [2.24, 2.45) is 5.92 Å². The lowest BCUT2D eigenvalue weighted by molar-refractivity contribution is 0.697. The van der Waals surface area contributed by atoms with Crippen LogP contribution in [0.25, 0.3) is 0 Å². The number of benzene rings is 1. The normalized spacial score (nSPS) is 11.8. The van der Waals surface area contributed by atoms with Crippen LogP contribution in [-0.4, -0.2) is 10.2 Å². The van der Waals surface area contributed by atoms with E-state index in [4.69, 9.17) is 0 Å². The van der Waals surface area contributed by atoms with Crippen LogP contribution in [0, 0.1) is 39.1 Å². The minimum Gasteiger partial charge on any atom is -0.302 e. The van der Waals surface area contributed by atoms with Crippen molar-refractivity contribution < 1.29 is 0 Å². The molecular formula is C14H11IN4O. The fraction of sp³-hybridized carbons (Fsp3) is 0.214. The molecule has 0 amide bonds. The highest BCUT2D eigenvalue weighted by Crippen LogP contribution is 2.33. The summed E-state index contributed by atoms with van der Waals surface area (Å²) in [7, 11) is 0. The number of H-pyrrole nitrogens is 2. The van der Waals surface area contributed by atoms with E-state index in [9.17, 15) is 15.3 Å². The number of hydrogen-bond donors (Lipinski definition) is 2. The van der Waals surface area contributed by atoms with Gasteiger partial charge < -0.3 is 5.10 Å². The van der Waals surface area contributed by atoms with Gasteiger partial charge in [-0.2, -0.15) is 10.5 Å². The predicted molar refractivity (Wildman–Crippen MR) is 81.9 cm³/mol. The van der Waals surface area contributed by atoms with Gasteiger partial charge in [-0.05, 0) is 41.1 Å². The lowest BCUT2D eigenvalue weighted by Gasteiger charge is -2.18. The number of rotatable bonds is 3. The molecular weight excluding hydrogens is 367 g/mol. The molecule has 0 spiro atoms. The number of halogens is 1. The van der Waals surface area contributed by atoms with Gasteiger partial charge in [0.25, 0.3) is 5.56 Å². The molecule has 0 fully saturated rings. The number of aryl methyl sites for hydroxylation is 1. The molecule has 0 bridgehead atoms. The van der Waals surface area contributed by atoms with Crippen molar-refractivity contribution in [1.29, 1.82) is 10.5 Å². The Labute approximate surface area is 129 Å². The minimum absolute atomic E-state index is 0.289. The first-order chi connectivity index (χ1) is 9.60. The zero-order valence-corrected chi connectivity index (χ0v) is 12.8. The maximum absolute atomic E-state index is 12.0. The van der Waals surface area contributed by atoms with E-state index in [0.717, 1.165) is 9.13 Å². The minimum atomic E-state index is -0.915. The second-order valence-corrected chi connectivity index (χ2v) is 5.52. The number of aromatic nitrogens is 2. The Hall–Kier alpha value is -2.06. The van der Waals surface area contributed by atoms with Gasteiger partial charge >= 0.3 is 0 Å². The molecule has 0 aliphatic rings. The summed E-state index contributed by atoms with van der Waals surface area (Å²) in [6, 6.07) is 11.4. The molecule has 100 valence electrons. The van der Waals surface area contributed by atoms with Crippen molar-refractivity contribution in [2.45, 2.75) is 12.8 Å². The highest BCUT2D eigenvalue weighted by Gasteiger charge is 2.30. The van der Waals surface area contributed by atoms with Gasteiger partial charge in [-0.3, -0.25) is 9.89 Å². The summed E-state index contributed by atoms with van der Waals surface area (Å²) in [5.74, 6) is -1.48. The second-order valence-electron chi connectivity index (χ2n) is 4.35. The Balaban J connectivity index is 2.71. The standard InChI is InChI=1S/C14H11IN4O/c1-8-12(14(20)19-18-8)13(9(6-16)7-17)10-4-2-3-5-11(10)15/h2-5,9,13H,1H3,(H2,18,19,20)/t13-/m0/s1. The summed E-state index contributed by atoms with van der Waals surface area (Å²) in [5.41, 5.74) is 1.62. The number of hydrogen-bond acceptors (Lipinski definition) is 3. The molecule has 0 saturated carbocycles. The van der Waals surface area contributed by atoms with Crippen LogP contribution in [0.4, 0.5) is 0 Å². The van der Waals surface area contributed by atoms with Gasteiger partial charge in [-0.1, -0.05) is 18.2 Å². The van der Waals surface area contributed by atoms with Crippen molar-refractivity contribution in [3.05, 3.63) is 55.0 Å².